The Labute approximate surface area is 193 Å². The minimum atomic E-state index is 0.609. The Morgan fingerprint density at radius 1 is 0.484 bits per heavy atom. The van der Waals surface area contributed by atoms with Gasteiger partial charge in [0.2, 0.25) is 0 Å². The first-order chi connectivity index (χ1) is 15.1. The lowest BCUT2D eigenvalue weighted by molar-refractivity contribution is -0.0633. The van der Waals surface area contributed by atoms with Crippen molar-refractivity contribution in [1.29, 1.82) is 0 Å². The summed E-state index contributed by atoms with van der Waals surface area (Å²) in [7, 11) is 0. The van der Waals surface area contributed by atoms with Gasteiger partial charge in [0.1, 0.15) is 0 Å². The van der Waals surface area contributed by atoms with Crippen LogP contribution in [0.1, 0.15) is 117 Å². The van der Waals surface area contributed by atoms with E-state index in [-0.39, 0.29) is 0 Å². The molecule has 31 heavy (non-hydrogen) atoms. The second-order valence-corrected chi connectivity index (χ2v) is 14.8. The van der Waals surface area contributed by atoms with Crippen LogP contribution in [0.2, 0.25) is 0 Å². The predicted molar refractivity (Wildman–Crippen MR) is 130 cm³/mol. The lowest BCUT2D eigenvalue weighted by Crippen LogP contribution is -2.47. The van der Waals surface area contributed by atoms with Crippen LogP contribution in [0.3, 0.4) is 0 Å². The molecule has 0 aromatic carbocycles. The van der Waals surface area contributed by atoms with Crippen molar-refractivity contribution in [2.45, 2.75) is 117 Å². The van der Waals surface area contributed by atoms with Gasteiger partial charge in [-0.2, -0.15) is 0 Å². The van der Waals surface area contributed by atoms with Crippen LogP contribution in [0.4, 0.5) is 0 Å². The maximum Gasteiger partial charge on any atom is -0.0292 e. The van der Waals surface area contributed by atoms with Crippen LogP contribution in [-0.2, 0) is 0 Å². The standard InChI is InChI=1S/C31H50/c1-31(2,30-27-9-5-3-7-25(27)26-8-4-6-10-28(26)30)24-12-11-21(18-24)29-22-14-19-13-20(16-22)17-23(29)15-19/h19-30H,3-18H2,1-2H3. The fourth-order valence-electron chi connectivity index (χ4n) is 12.8. The summed E-state index contributed by atoms with van der Waals surface area (Å²) in [5, 5.41) is 0. The van der Waals surface area contributed by atoms with Crippen molar-refractivity contribution in [3.8, 4) is 0 Å². The molecule has 6 atom stereocenters. The summed E-state index contributed by atoms with van der Waals surface area (Å²) in [6.45, 7) is 5.59. The summed E-state index contributed by atoms with van der Waals surface area (Å²) in [5.41, 5.74) is 0.609. The van der Waals surface area contributed by atoms with Crippen LogP contribution < -0.4 is 0 Å². The largest absolute Gasteiger partial charge is 0.0594 e. The average molecular weight is 423 g/mol. The minimum absolute atomic E-state index is 0.609. The molecular weight excluding hydrogens is 372 g/mol. The number of hydrogen-bond acceptors (Lipinski definition) is 0. The molecule has 0 spiro atoms. The smallest absolute Gasteiger partial charge is 0.0292 e. The molecule has 8 rings (SSSR count). The fourth-order valence-corrected chi connectivity index (χ4v) is 12.8. The SMILES string of the molecule is CC(C)(C1CCC(C2C3CC4CC(C3)CC2C4)C1)C1C2CCCCC2C2CCCCC21. The molecule has 0 N–H and O–H groups in total. The number of hydrogen-bond donors (Lipinski definition) is 0. The van der Waals surface area contributed by atoms with E-state index in [0.29, 0.717) is 5.41 Å². The van der Waals surface area contributed by atoms with Gasteiger partial charge in [-0.3, -0.25) is 0 Å². The van der Waals surface area contributed by atoms with E-state index in [4.69, 9.17) is 0 Å². The normalized spacial score (nSPS) is 55.9. The molecule has 0 aromatic heterocycles. The fraction of sp³-hybridized carbons (Fsp3) is 1.00. The molecule has 8 aliphatic rings. The van der Waals surface area contributed by atoms with E-state index >= 15 is 0 Å². The zero-order chi connectivity index (χ0) is 20.7. The first kappa shape index (κ1) is 20.4. The second-order valence-electron chi connectivity index (χ2n) is 14.8. The molecule has 4 bridgehead atoms. The van der Waals surface area contributed by atoms with Gasteiger partial charge in [0.05, 0.1) is 0 Å². The van der Waals surface area contributed by atoms with Gasteiger partial charge >= 0.3 is 0 Å². The third kappa shape index (κ3) is 3.11. The van der Waals surface area contributed by atoms with Crippen LogP contribution >= 0.6 is 0 Å². The highest BCUT2D eigenvalue weighted by Crippen LogP contribution is 2.66. The molecule has 8 aliphatic carbocycles. The maximum absolute atomic E-state index is 2.80. The lowest BCUT2D eigenvalue weighted by atomic mass is 9.49. The highest BCUT2D eigenvalue weighted by Gasteiger charge is 2.58. The number of rotatable bonds is 3. The second kappa shape index (κ2) is 7.50. The quantitative estimate of drug-likeness (QED) is 0.426. The monoisotopic (exact) mass is 422 g/mol. The van der Waals surface area contributed by atoms with Crippen molar-refractivity contribution >= 4 is 0 Å². The Balaban J connectivity index is 1.11. The molecular formula is C31H50. The Bertz CT molecular complexity index is 624. The summed E-state index contributed by atoms with van der Waals surface area (Å²) in [6, 6.07) is 0. The zero-order valence-electron chi connectivity index (χ0n) is 20.7. The van der Waals surface area contributed by atoms with Crippen molar-refractivity contribution < 1.29 is 0 Å². The van der Waals surface area contributed by atoms with Gasteiger partial charge in [-0.1, -0.05) is 39.5 Å². The number of fused-ring (bicyclic) bond motifs is 3. The first-order valence-electron chi connectivity index (χ1n) is 15.1. The van der Waals surface area contributed by atoms with E-state index in [1.807, 2.05) is 0 Å². The van der Waals surface area contributed by atoms with Gasteiger partial charge in [0.25, 0.3) is 0 Å². The Hall–Kier alpha value is 0. The molecule has 174 valence electrons. The van der Waals surface area contributed by atoms with Gasteiger partial charge < -0.3 is 0 Å². The van der Waals surface area contributed by atoms with E-state index in [2.05, 4.69) is 13.8 Å². The maximum atomic E-state index is 2.80. The van der Waals surface area contributed by atoms with Crippen molar-refractivity contribution in [3.63, 3.8) is 0 Å². The summed E-state index contributed by atoms with van der Waals surface area (Å²) in [4.78, 5) is 0. The van der Waals surface area contributed by atoms with Crippen LogP contribution in [0.25, 0.3) is 0 Å². The summed E-state index contributed by atoms with van der Waals surface area (Å²) < 4.78 is 0. The zero-order valence-corrected chi connectivity index (χ0v) is 20.7. The molecule has 0 amide bonds. The average Bonchev–Trinajstić information content (AvgIpc) is 3.37. The van der Waals surface area contributed by atoms with Crippen LogP contribution in [0.15, 0.2) is 0 Å². The highest BCUT2D eigenvalue weighted by atomic mass is 14.6. The third-order valence-corrected chi connectivity index (χ3v) is 13.5. The summed E-state index contributed by atoms with van der Waals surface area (Å²) >= 11 is 0. The Morgan fingerprint density at radius 3 is 1.55 bits per heavy atom. The van der Waals surface area contributed by atoms with Crippen molar-refractivity contribution in [1.82, 2.24) is 0 Å². The van der Waals surface area contributed by atoms with Gasteiger partial charge in [0.15, 0.2) is 0 Å². The Kier molecular flexibility index (Phi) is 4.93. The third-order valence-electron chi connectivity index (χ3n) is 13.5. The molecule has 0 aromatic rings. The summed E-state index contributed by atoms with van der Waals surface area (Å²) in [6.07, 6.45) is 25.6. The highest BCUT2D eigenvalue weighted by molar-refractivity contribution is 5.07. The predicted octanol–water partition coefficient (Wildman–Crippen LogP) is 8.74. The topological polar surface area (TPSA) is 0 Å². The molecule has 0 radical (unpaired) electrons. The molecule has 8 fully saturated rings. The van der Waals surface area contributed by atoms with Crippen LogP contribution in [0, 0.1) is 76.4 Å². The first-order valence-corrected chi connectivity index (χ1v) is 15.1. The van der Waals surface area contributed by atoms with Crippen molar-refractivity contribution in [2.24, 2.45) is 76.4 Å². The van der Waals surface area contributed by atoms with E-state index in [1.54, 1.807) is 103 Å². The van der Waals surface area contributed by atoms with Crippen LogP contribution in [-0.4, -0.2) is 0 Å². The molecule has 8 saturated carbocycles. The van der Waals surface area contributed by atoms with Crippen molar-refractivity contribution in [3.05, 3.63) is 0 Å². The van der Waals surface area contributed by atoms with Crippen LogP contribution in [0.5, 0.6) is 0 Å². The molecule has 0 nitrogen and oxygen atoms in total. The molecule has 0 heteroatoms. The molecule has 0 aliphatic heterocycles. The lowest BCUT2D eigenvalue weighted by Gasteiger charge is -2.56. The van der Waals surface area contributed by atoms with Crippen molar-refractivity contribution in [2.75, 3.05) is 0 Å². The van der Waals surface area contributed by atoms with Gasteiger partial charge in [-0.25, -0.2) is 0 Å². The molecule has 6 unspecified atom stereocenters. The Morgan fingerprint density at radius 2 is 1.00 bits per heavy atom. The van der Waals surface area contributed by atoms with E-state index in [1.165, 1.54) is 0 Å². The van der Waals surface area contributed by atoms with Gasteiger partial charge in [-0.15, -0.1) is 0 Å². The molecule has 0 saturated heterocycles. The minimum Gasteiger partial charge on any atom is -0.0594 e. The van der Waals surface area contributed by atoms with E-state index in [9.17, 15) is 0 Å². The summed E-state index contributed by atoms with van der Waals surface area (Å²) in [5.74, 6) is 13.5. The van der Waals surface area contributed by atoms with E-state index < -0.39 is 0 Å². The van der Waals surface area contributed by atoms with Gasteiger partial charge in [0, 0.05) is 0 Å². The van der Waals surface area contributed by atoms with Gasteiger partial charge in [-0.05, 0) is 153 Å². The molecule has 0 heterocycles. The van der Waals surface area contributed by atoms with E-state index in [0.717, 1.165) is 71.0 Å².